The molecule has 1 saturated heterocycles. The van der Waals surface area contributed by atoms with Crippen molar-refractivity contribution in [3.05, 3.63) is 24.3 Å². The van der Waals surface area contributed by atoms with Crippen molar-refractivity contribution >= 4 is 5.91 Å². The standard InChI is InChI=1S/C16H21N5O3/c1-11(2)13-14(23)18-16(21-7-5-17-10-21)19-15(13)24-9-8-20-6-3-4-12(20)22/h5,7,10-11H,3-4,6,8-9H2,1-2H3,(H,18,19,23). The van der Waals surface area contributed by atoms with Gasteiger partial charge in [-0.05, 0) is 12.3 Å². The van der Waals surface area contributed by atoms with Gasteiger partial charge in [-0.2, -0.15) is 9.97 Å². The molecule has 0 saturated carbocycles. The molecule has 8 heteroatoms. The van der Waals surface area contributed by atoms with Crippen LogP contribution in [0.1, 0.15) is 38.2 Å². The predicted octanol–water partition coefficient (Wildman–Crippen LogP) is 1.49. The Morgan fingerprint density at radius 2 is 2.21 bits per heavy atom. The second-order valence-electron chi connectivity index (χ2n) is 6.02. The molecular formula is C16H21N5O3. The number of ether oxygens (including phenoxy) is 1. The van der Waals surface area contributed by atoms with Crippen molar-refractivity contribution in [2.75, 3.05) is 19.7 Å². The Hall–Kier alpha value is -2.64. The van der Waals surface area contributed by atoms with Gasteiger partial charge >= 0.3 is 0 Å². The summed E-state index contributed by atoms with van der Waals surface area (Å²) in [5.74, 6) is 0.697. The lowest BCUT2D eigenvalue weighted by Gasteiger charge is -2.18. The number of nitrogens with zero attached hydrogens (tertiary/aromatic N) is 5. The Bertz CT molecular complexity index is 715. The Morgan fingerprint density at radius 3 is 2.83 bits per heavy atom. The van der Waals surface area contributed by atoms with Gasteiger partial charge in [-0.1, -0.05) is 13.8 Å². The number of likely N-dealkylation sites (tertiary alicyclic amines) is 1. The number of aromatic hydroxyl groups is 1. The van der Waals surface area contributed by atoms with Gasteiger partial charge in [0.1, 0.15) is 12.9 Å². The van der Waals surface area contributed by atoms with Crippen LogP contribution in [0.3, 0.4) is 0 Å². The van der Waals surface area contributed by atoms with Crippen LogP contribution >= 0.6 is 0 Å². The van der Waals surface area contributed by atoms with E-state index in [1.54, 1.807) is 28.2 Å². The van der Waals surface area contributed by atoms with Gasteiger partial charge in [0.05, 0.1) is 12.1 Å². The van der Waals surface area contributed by atoms with Gasteiger partial charge in [0.2, 0.25) is 23.6 Å². The van der Waals surface area contributed by atoms with Crippen LogP contribution in [0.25, 0.3) is 5.95 Å². The normalized spacial score (nSPS) is 14.6. The van der Waals surface area contributed by atoms with Gasteiger partial charge in [-0.3, -0.25) is 9.36 Å². The maximum atomic E-state index is 11.6. The van der Waals surface area contributed by atoms with E-state index in [9.17, 15) is 9.90 Å². The first-order valence-corrected chi connectivity index (χ1v) is 8.06. The molecule has 0 radical (unpaired) electrons. The summed E-state index contributed by atoms with van der Waals surface area (Å²) in [5.41, 5.74) is 0.562. The molecular weight excluding hydrogens is 310 g/mol. The molecule has 128 valence electrons. The van der Waals surface area contributed by atoms with Gasteiger partial charge < -0.3 is 14.7 Å². The SMILES string of the molecule is CC(C)c1c(O)nc(-n2ccnc2)nc1OCCN1CCCC1=O. The number of imidazole rings is 1. The Morgan fingerprint density at radius 1 is 1.38 bits per heavy atom. The van der Waals surface area contributed by atoms with Crippen LogP contribution in [-0.4, -0.2) is 55.1 Å². The van der Waals surface area contributed by atoms with Crippen molar-refractivity contribution in [1.29, 1.82) is 0 Å². The van der Waals surface area contributed by atoms with E-state index in [0.717, 1.165) is 13.0 Å². The fourth-order valence-electron chi connectivity index (χ4n) is 2.73. The summed E-state index contributed by atoms with van der Waals surface area (Å²) in [6.45, 7) is 5.49. The van der Waals surface area contributed by atoms with Gasteiger partial charge in [0.25, 0.3) is 0 Å². The van der Waals surface area contributed by atoms with Crippen LogP contribution in [0, 0.1) is 0 Å². The van der Waals surface area contributed by atoms with E-state index >= 15 is 0 Å². The zero-order valence-electron chi connectivity index (χ0n) is 13.8. The molecule has 1 aliphatic rings. The molecule has 2 aromatic heterocycles. The summed E-state index contributed by atoms with van der Waals surface area (Å²) in [5, 5.41) is 10.3. The van der Waals surface area contributed by atoms with Gasteiger partial charge in [0, 0.05) is 25.4 Å². The molecule has 24 heavy (non-hydrogen) atoms. The van der Waals surface area contributed by atoms with E-state index in [0.29, 0.717) is 37.0 Å². The van der Waals surface area contributed by atoms with Crippen molar-refractivity contribution < 1.29 is 14.6 Å². The predicted molar refractivity (Wildman–Crippen MR) is 86.2 cm³/mol. The lowest BCUT2D eigenvalue weighted by molar-refractivity contribution is -0.128. The fraction of sp³-hybridized carbons (Fsp3) is 0.500. The maximum Gasteiger partial charge on any atom is 0.241 e. The van der Waals surface area contributed by atoms with Crippen molar-refractivity contribution in [2.24, 2.45) is 0 Å². The number of hydrogen-bond acceptors (Lipinski definition) is 6. The third-order valence-corrected chi connectivity index (χ3v) is 3.96. The second-order valence-corrected chi connectivity index (χ2v) is 6.02. The average molecular weight is 331 g/mol. The van der Waals surface area contributed by atoms with Crippen molar-refractivity contribution in [1.82, 2.24) is 24.4 Å². The minimum atomic E-state index is -0.101. The van der Waals surface area contributed by atoms with Crippen molar-refractivity contribution in [3.8, 4) is 17.7 Å². The number of amides is 1. The third-order valence-electron chi connectivity index (χ3n) is 3.96. The van der Waals surface area contributed by atoms with Crippen LogP contribution in [0.4, 0.5) is 0 Å². The quantitative estimate of drug-likeness (QED) is 0.862. The van der Waals surface area contributed by atoms with E-state index in [1.165, 1.54) is 0 Å². The summed E-state index contributed by atoms with van der Waals surface area (Å²) < 4.78 is 7.39. The first kappa shape index (κ1) is 16.2. The molecule has 8 nitrogen and oxygen atoms in total. The summed E-state index contributed by atoms with van der Waals surface area (Å²) in [4.78, 5) is 25.9. The van der Waals surface area contributed by atoms with Gasteiger partial charge in [-0.25, -0.2) is 4.98 Å². The van der Waals surface area contributed by atoms with Crippen LogP contribution in [0.2, 0.25) is 0 Å². The largest absolute Gasteiger partial charge is 0.493 e. The number of hydrogen-bond donors (Lipinski definition) is 1. The van der Waals surface area contributed by atoms with Gasteiger partial charge in [-0.15, -0.1) is 0 Å². The Kier molecular flexibility index (Phi) is 4.64. The third kappa shape index (κ3) is 3.32. The first-order valence-electron chi connectivity index (χ1n) is 8.06. The zero-order valence-corrected chi connectivity index (χ0v) is 13.8. The van der Waals surface area contributed by atoms with Crippen molar-refractivity contribution in [2.45, 2.75) is 32.6 Å². The van der Waals surface area contributed by atoms with Crippen LogP contribution in [0.15, 0.2) is 18.7 Å². The molecule has 0 aliphatic carbocycles. The number of rotatable bonds is 6. The average Bonchev–Trinajstić information content (AvgIpc) is 3.18. The zero-order chi connectivity index (χ0) is 17.1. The molecule has 1 N–H and O–H groups in total. The molecule has 0 spiro atoms. The van der Waals surface area contributed by atoms with Crippen LogP contribution < -0.4 is 4.74 Å². The van der Waals surface area contributed by atoms with E-state index in [2.05, 4.69) is 15.0 Å². The molecule has 1 amide bonds. The summed E-state index contributed by atoms with van der Waals surface area (Å²) in [6, 6.07) is 0. The molecule has 0 unspecified atom stereocenters. The van der Waals surface area contributed by atoms with E-state index in [-0.39, 0.29) is 17.7 Å². The van der Waals surface area contributed by atoms with Crippen LogP contribution in [-0.2, 0) is 4.79 Å². The highest BCUT2D eigenvalue weighted by molar-refractivity contribution is 5.78. The second kappa shape index (κ2) is 6.86. The molecule has 3 heterocycles. The Balaban J connectivity index is 1.80. The highest BCUT2D eigenvalue weighted by Crippen LogP contribution is 2.32. The highest BCUT2D eigenvalue weighted by atomic mass is 16.5. The smallest absolute Gasteiger partial charge is 0.241 e. The van der Waals surface area contributed by atoms with Crippen molar-refractivity contribution in [3.63, 3.8) is 0 Å². The lowest BCUT2D eigenvalue weighted by Crippen LogP contribution is -2.29. The summed E-state index contributed by atoms with van der Waals surface area (Å²) >= 11 is 0. The minimum absolute atomic E-state index is 0.00487. The molecule has 0 atom stereocenters. The number of aromatic nitrogens is 4. The lowest BCUT2D eigenvalue weighted by atomic mass is 10.1. The number of carbonyl (C=O) groups is 1. The molecule has 0 bridgehead atoms. The molecule has 0 aromatic carbocycles. The number of carbonyl (C=O) groups excluding carboxylic acids is 1. The van der Waals surface area contributed by atoms with E-state index in [1.807, 2.05) is 13.8 Å². The van der Waals surface area contributed by atoms with E-state index < -0.39 is 0 Å². The monoisotopic (exact) mass is 331 g/mol. The molecule has 1 aliphatic heterocycles. The molecule has 3 rings (SSSR count). The molecule has 2 aromatic rings. The maximum absolute atomic E-state index is 11.6. The Labute approximate surface area is 140 Å². The fourth-order valence-corrected chi connectivity index (χ4v) is 2.73. The van der Waals surface area contributed by atoms with Gasteiger partial charge in [0.15, 0.2) is 0 Å². The van der Waals surface area contributed by atoms with E-state index in [4.69, 9.17) is 4.74 Å². The summed E-state index contributed by atoms with van der Waals surface area (Å²) in [7, 11) is 0. The first-order chi connectivity index (χ1) is 11.6. The summed E-state index contributed by atoms with van der Waals surface area (Å²) in [6.07, 6.45) is 6.36. The minimum Gasteiger partial charge on any atom is -0.493 e. The highest BCUT2D eigenvalue weighted by Gasteiger charge is 2.22. The molecule has 1 fully saturated rings. The topological polar surface area (TPSA) is 93.4 Å². The van der Waals surface area contributed by atoms with Crippen LogP contribution in [0.5, 0.6) is 11.8 Å².